The topological polar surface area (TPSA) is 12.9 Å². The highest BCUT2D eigenvalue weighted by Gasteiger charge is 2.27. The monoisotopic (exact) mass is 207 g/mol. The van der Waals surface area contributed by atoms with Crippen LogP contribution in [-0.4, -0.2) is 10.5 Å². The maximum Gasteiger partial charge on any atom is 0.442 e. The SMILES string of the molecule is Cc1ccc(CSC(F)(F)F)cn1. The number of hydrogen-bond donors (Lipinski definition) is 0. The van der Waals surface area contributed by atoms with Crippen molar-refractivity contribution < 1.29 is 13.2 Å². The maximum absolute atomic E-state index is 11.8. The van der Waals surface area contributed by atoms with Crippen molar-refractivity contribution in [1.29, 1.82) is 0 Å². The zero-order valence-electron chi connectivity index (χ0n) is 6.93. The van der Waals surface area contributed by atoms with Gasteiger partial charge in [0.25, 0.3) is 0 Å². The fraction of sp³-hybridized carbons (Fsp3) is 0.375. The molecule has 0 amide bonds. The lowest BCUT2D eigenvalue weighted by Gasteiger charge is -2.04. The van der Waals surface area contributed by atoms with Gasteiger partial charge in [-0.25, -0.2) is 0 Å². The van der Waals surface area contributed by atoms with E-state index < -0.39 is 5.51 Å². The van der Waals surface area contributed by atoms with E-state index in [2.05, 4.69) is 4.98 Å². The van der Waals surface area contributed by atoms with Crippen molar-refractivity contribution in [3.05, 3.63) is 29.6 Å². The van der Waals surface area contributed by atoms with Gasteiger partial charge in [0, 0.05) is 17.6 Å². The van der Waals surface area contributed by atoms with E-state index >= 15 is 0 Å². The molecule has 72 valence electrons. The minimum absolute atomic E-state index is 0.0475. The van der Waals surface area contributed by atoms with Gasteiger partial charge in [0.1, 0.15) is 0 Å². The Morgan fingerprint density at radius 1 is 1.38 bits per heavy atom. The first kappa shape index (κ1) is 10.4. The Bertz CT molecular complexity index is 268. The molecule has 0 aliphatic rings. The molecular formula is C8H8F3NS. The van der Waals surface area contributed by atoms with Crippen molar-refractivity contribution in [2.45, 2.75) is 18.2 Å². The van der Waals surface area contributed by atoms with E-state index in [1.807, 2.05) is 0 Å². The van der Waals surface area contributed by atoms with Gasteiger partial charge in [-0.3, -0.25) is 4.98 Å². The van der Waals surface area contributed by atoms with Crippen molar-refractivity contribution in [2.24, 2.45) is 0 Å². The number of pyridine rings is 1. The maximum atomic E-state index is 11.8. The third-order valence-corrected chi connectivity index (χ3v) is 2.18. The standard InChI is InChI=1S/C8H8F3NS/c1-6-2-3-7(4-12-6)5-13-8(9,10)11/h2-4H,5H2,1H3. The Morgan fingerprint density at radius 3 is 2.54 bits per heavy atom. The third-order valence-electron chi connectivity index (χ3n) is 1.38. The summed E-state index contributed by atoms with van der Waals surface area (Å²) in [5.74, 6) is -0.0726. The molecule has 1 rings (SSSR count). The summed E-state index contributed by atoms with van der Waals surface area (Å²) in [5, 5.41) is 0. The summed E-state index contributed by atoms with van der Waals surface area (Å²) in [6.07, 6.45) is 1.47. The van der Waals surface area contributed by atoms with Crippen LogP contribution in [0.25, 0.3) is 0 Å². The van der Waals surface area contributed by atoms with E-state index in [1.165, 1.54) is 6.20 Å². The summed E-state index contributed by atoms with van der Waals surface area (Å²) in [5.41, 5.74) is -2.76. The molecule has 1 heterocycles. The number of aryl methyl sites for hydroxylation is 1. The molecule has 0 saturated carbocycles. The number of hydrogen-bond acceptors (Lipinski definition) is 2. The summed E-state index contributed by atoms with van der Waals surface area (Å²) in [7, 11) is 0. The Balaban J connectivity index is 2.51. The molecule has 0 spiro atoms. The van der Waals surface area contributed by atoms with Gasteiger partial charge in [-0.1, -0.05) is 6.07 Å². The quantitative estimate of drug-likeness (QED) is 0.738. The summed E-state index contributed by atoms with van der Waals surface area (Å²) in [6, 6.07) is 3.35. The van der Waals surface area contributed by atoms with Crippen molar-refractivity contribution >= 4 is 11.8 Å². The molecule has 0 fully saturated rings. The van der Waals surface area contributed by atoms with Crippen LogP contribution >= 0.6 is 11.8 Å². The molecule has 0 unspecified atom stereocenters. The first-order valence-corrected chi connectivity index (χ1v) is 4.58. The molecule has 5 heteroatoms. The lowest BCUT2D eigenvalue weighted by atomic mass is 10.3. The lowest BCUT2D eigenvalue weighted by molar-refractivity contribution is -0.0329. The van der Waals surface area contributed by atoms with Gasteiger partial charge in [-0.15, -0.1) is 0 Å². The van der Waals surface area contributed by atoms with Crippen LogP contribution in [0.5, 0.6) is 0 Å². The largest absolute Gasteiger partial charge is 0.442 e. The minimum Gasteiger partial charge on any atom is -0.261 e. The van der Waals surface area contributed by atoms with Crippen LogP contribution in [0.1, 0.15) is 11.3 Å². The van der Waals surface area contributed by atoms with Gasteiger partial charge in [-0.05, 0) is 30.3 Å². The molecule has 0 aliphatic heterocycles. The number of halogens is 3. The van der Waals surface area contributed by atoms with Crippen LogP contribution < -0.4 is 0 Å². The van der Waals surface area contributed by atoms with Crippen LogP contribution in [-0.2, 0) is 5.75 Å². The molecule has 0 N–H and O–H groups in total. The Hall–Kier alpha value is -0.710. The first-order valence-electron chi connectivity index (χ1n) is 3.59. The second-order valence-electron chi connectivity index (χ2n) is 2.54. The van der Waals surface area contributed by atoms with E-state index in [-0.39, 0.29) is 17.5 Å². The number of thioether (sulfide) groups is 1. The highest BCUT2D eigenvalue weighted by Crippen LogP contribution is 2.32. The third kappa shape index (κ3) is 4.17. The normalized spacial score (nSPS) is 11.7. The average Bonchev–Trinajstić information content (AvgIpc) is 2.02. The minimum atomic E-state index is -4.16. The second-order valence-corrected chi connectivity index (χ2v) is 3.58. The number of aromatic nitrogens is 1. The number of nitrogens with zero attached hydrogens (tertiary/aromatic N) is 1. The number of alkyl halides is 3. The van der Waals surface area contributed by atoms with Gasteiger partial charge >= 0.3 is 5.51 Å². The highest BCUT2D eigenvalue weighted by molar-refractivity contribution is 7.99. The fourth-order valence-electron chi connectivity index (χ4n) is 0.749. The van der Waals surface area contributed by atoms with Crippen molar-refractivity contribution in [3.8, 4) is 0 Å². The molecule has 1 aromatic heterocycles. The smallest absolute Gasteiger partial charge is 0.261 e. The molecule has 1 aromatic rings. The predicted molar refractivity (Wildman–Crippen MR) is 46.3 cm³/mol. The van der Waals surface area contributed by atoms with Gasteiger partial charge < -0.3 is 0 Å². The van der Waals surface area contributed by atoms with Gasteiger partial charge in [-0.2, -0.15) is 13.2 Å². The van der Waals surface area contributed by atoms with E-state index in [9.17, 15) is 13.2 Å². The Morgan fingerprint density at radius 2 is 2.08 bits per heavy atom. The number of rotatable bonds is 2. The summed E-state index contributed by atoms with van der Waals surface area (Å²) < 4.78 is 35.3. The first-order chi connectivity index (χ1) is 5.97. The predicted octanol–water partition coefficient (Wildman–Crippen LogP) is 3.14. The Labute approximate surface area is 78.4 Å². The van der Waals surface area contributed by atoms with E-state index in [1.54, 1.807) is 19.1 Å². The second kappa shape index (κ2) is 4.00. The summed E-state index contributed by atoms with van der Waals surface area (Å²) in [4.78, 5) is 3.90. The molecule has 13 heavy (non-hydrogen) atoms. The average molecular weight is 207 g/mol. The van der Waals surface area contributed by atoms with Crippen LogP contribution in [0, 0.1) is 6.92 Å². The molecule has 0 aromatic carbocycles. The molecule has 1 nitrogen and oxygen atoms in total. The zero-order valence-corrected chi connectivity index (χ0v) is 7.75. The van der Waals surface area contributed by atoms with Crippen molar-refractivity contribution in [1.82, 2.24) is 4.98 Å². The van der Waals surface area contributed by atoms with Crippen molar-refractivity contribution in [3.63, 3.8) is 0 Å². The molecule has 0 atom stereocenters. The van der Waals surface area contributed by atoms with E-state index in [4.69, 9.17) is 0 Å². The molecule has 0 radical (unpaired) electrons. The molecular weight excluding hydrogens is 199 g/mol. The van der Waals surface area contributed by atoms with Crippen LogP contribution in [0.2, 0.25) is 0 Å². The van der Waals surface area contributed by atoms with Gasteiger partial charge in [0.05, 0.1) is 0 Å². The Kier molecular flexibility index (Phi) is 3.19. The fourth-order valence-corrected chi connectivity index (χ4v) is 1.25. The molecule has 0 bridgehead atoms. The van der Waals surface area contributed by atoms with Crippen LogP contribution in [0.3, 0.4) is 0 Å². The highest BCUT2D eigenvalue weighted by atomic mass is 32.2. The van der Waals surface area contributed by atoms with Gasteiger partial charge in [0.15, 0.2) is 0 Å². The summed E-state index contributed by atoms with van der Waals surface area (Å²) >= 11 is -0.0475. The van der Waals surface area contributed by atoms with Crippen LogP contribution in [0.4, 0.5) is 13.2 Å². The van der Waals surface area contributed by atoms with Crippen LogP contribution in [0.15, 0.2) is 18.3 Å². The zero-order chi connectivity index (χ0) is 9.90. The van der Waals surface area contributed by atoms with E-state index in [0.717, 1.165) is 5.69 Å². The summed E-state index contributed by atoms with van der Waals surface area (Å²) in [6.45, 7) is 1.79. The lowest BCUT2D eigenvalue weighted by Crippen LogP contribution is -2.00. The molecule has 0 saturated heterocycles. The van der Waals surface area contributed by atoms with Crippen molar-refractivity contribution in [2.75, 3.05) is 0 Å². The van der Waals surface area contributed by atoms with Gasteiger partial charge in [0.2, 0.25) is 0 Å². The molecule has 0 aliphatic carbocycles. The van der Waals surface area contributed by atoms with E-state index in [0.29, 0.717) is 5.56 Å².